The molecular weight excluding hydrogens is 292 g/mol. The summed E-state index contributed by atoms with van der Waals surface area (Å²) < 4.78 is 32.0. The van der Waals surface area contributed by atoms with Crippen LogP contribution >= 0.6 is 15.9 Å². The smallest absolute Gasteiger partial charge is 0.200 e. The molecular formula is C12H16BrF2NO. The average molecular weight is 308 g/mol. The van der Waals surface area contributed by atoms with E-state index in [2.05, 4.69) is 21.2 Å². The monoisotopic (exact) mass is 307 g/mol. The highest BCUT2D eigenvalue weighted by Gasteiger charge is 2.12. The van der Waals surface area contributed by atoms with Crippen molar-refractivity contribution < 1.29 is 13.5 Å². The minimum Gasteiger partial charge on any atom is -0.489 e. The maximum absolute atomic E-state index is 13.3. The Hall–Kier alpha value is -0.680. The van der Waals surface area contributed by atoms with Crippen molar-refractivity contribution in [3.05, 3.63) is 28.2 Å². The van der Waals surface area contributed by atoms with Crippen molar-refractivity contribution in [1.29, 1.82) is 0 Å². The van der Waals surface area contributed by atoms with Crippen molar-refractivity contribution in [1.82, 2.24) is 5.32 Å². The van der Waals surface area contributed by atoms with Gasteiger partial charge in [-0.3, -0.25) is 0 Å². The molecule has 1 rings (SSSR count). The van der Waals surface area contributed by atoms with Crippen LogP contribution in [0.1, 0.15) is 20.8 Å². The maximum atomic E-state index is 13.3. The molecule has 0 fully saturated rings. The summed E-state index contributed by atoms with van der Waals surface area (Å²) in [5.74, 6) is -1.95. The molecule has 0 spiro atoms. The first kappa shape index (κ1) is 14.4. The van der Waals surface area contributed by atoms with Crippen LogP contribution in [-0.2, 0) is 0 Å². The molecule has 5 heteroatoms. The van der Waals surface area contributed by atoms with E-state index >= 15 is 0 Å². The zero-order valence-corrected chi connectivity index (χ0v) is 11.7. The fourth-order valence-electron chi connectivity index (χ4n) is 1.22. The molecule has 0 unspecified atom stereocenters. The third kappa shape index (κ3) is 5.00. The molecule has 96 valence electrons. The Balaban J connectivity index is 2.52. The molecule has 0 saturated carbocycles. The highest BCUT2D eigenvalue weighted by Crippen LogP contribution is 2.25. The first-order valence-corrected chi connectivity index (χ1v) is 6.11. The normalized spacial score (nSPS) is 11.6. The van der Waals surface area contributed by atoms with Crippen LogP contribution in [0.25, 0.3) is 0 Å². The Morgan fingerprint density at radius 1 is 1.29 bits per heavy atom. The van der Waals surface area contributed by atoms with Crippen LogP contribution in [0.3, 0.4) is 0 Å². The van der Waals surface area contributed by atoms with E-state index in [1.807, 2.05) is 20.8 Å². The first-order valence-electron chi connectivity index (χ1n) is 5.32. The molecule has 0 aliphatic heterocycles. The first-order chi connectivity index (χ1) is 7.79. The molecule has 1 aromatic rings. The minimum absolute atomic E-state index is 0.0234. The molecule has 0 atom stereocenters. The molecule has 1 aromatic carbocycles. The quantitative estimate of drug-likeness (QED) is 0.679. The maximum Gasteiger partial charge on any atom is 0.200 e. The van der Waals surface area contributed by atoms with E-state index in [1.54, 1.807) is 0 Å². The highest BCUT2D eigenvalue weighted by molar-refractivity contribution is 9.10. The van der Waals surface area contributed by atoms with Crippen LogP contribution in [-0.4, -0.2) is 18.7 Å². The zero-order chi connectivity index (χ0) is 13.1. The van der Waals surface area contributed by atoms with Gasteiger partial charge in [-0.2, -0.15) is 4.39 Å². The van der Waals surface area contributed by atoms with Gasteiger partial charge >= 0.3 is 0 Å². The second kappa shape index (κ2) is 5.78. The van der Waals surface area contributed by atoms with Gasteiger partial charge in [0.25, 0.3) is 0 Å². The molecule has 0 radical (unpaired) electrons. The van der Waals surface area contributed by atoms with Gasteiger partial charge in [-0.1, -0.05) is 15.9 Å². The Morgan fingerprint density at radius 3 is 2.53 bits per heavy atom. The van der Waals surface area contributed by atoms with Crippen LogP contribution in [0.2, 0.25) is 0 Å². The van der Waals surface area contributed by atoms with Crippen molar-refractivity contribution in [2.75, 3.05) is 13.2 Å². The van der Waals surface area contributed by atoms with Gasteiger partial charge in [-0.15, -0.1) is 0 Å². The number of nitrogens with one attached hydrogen (secondary N) is 1. The van der Waals surface area contributed by atoms with E-state index in [4.69, 9.17) is 4.74 Å². The summed E-state index contributed by atoms with van der Waals surface area (Å²) in [5.41, 5.74) is -0.0234. The minimum atomic E-state index is -0.955. The second-order valence-electron chi connectivity index (χ2n) is 4.72. The predicted molar refractivity (Wildman–Crippen MR) is 67.3 cm³/mol. The van der Waals surface area contributed by atoms with Gasteiger partial charge in [0.2, 0.25) is 5.82 Å². The Labute approximate surface area is 108 Å². The van der Waals surface area contributed by atoms with Gasteiger partial charge < -0.3 is 10.1 Å². The third-order valence-electron chi connectivity index (χ3n) is 1.97. The lowest BCUT2D eigenvalue weighted by Gasteiger charge is -2.20. The Bertz CT molecular complexity index is 391. The number of halogens is 3. The van der Waals surface area contributed by atoms with E-state index in [0.29, 0.717) is 11.0 Å². The molecule has 0 saturated heterocycles. The number of ether oxygens (including phenoxy) is 1. The van der Waals surface area contributed by atoms with Gasteiger partial charge in [0.05, 0.1) is 0 Å². The van der Waals surface area contributed by atoms with Crippen molar-refractivity contribution in [2.45, 2.75) is 26.3 Å². The average Bonchev–Trinajstić information content (AvgIpc) is 2.18. The number of hydrogen-bond donors (Lipinski definition) is 1. The highest BCUT2D eigenvalue weighted by atomic mass is 79.9. The molecule has 0 heterocycles. The van der Waals surface area contributed by atoms with Crippen LogP contribution in [0.5, 0.6) is 5.75 Å². The predicted octanol–water partition coefficient (Wildman–Crippen LogP) is 3.49. The standard InChI is InChI=1S/C12H16BrF2NO/c1-12(2,3)16-4-5-17-10-7-8(13)6-9(14)11(10)15/h6-7,16H,4-5H2,1-3H3. The summed E-state index contributed by atoms with van der Waals surface area (Å²) in [5, 5.41) is 3.19. The SMILES string of the molecule is CC(C)(C)NCCOc1cc(Br)cc(F)c1F. The molecule has 17 heavy (non-hydrogen) atoms. The summed E-state index contributed by atoms with van der Waals surface area (Å²) in [7, 11) is 0. The topological polar surface area (TPSA) is 21.3 Å². The number of rotatable bonds is 4. The van der Waals surface area contributed by atoms with Gasteiger partial charge in [0, 0.05) is 16.6 Å². The summed E-state index contributed by atoms with van der Waals surface area (Å²) >= 11 is 3.09. The van der Waals surface area contributed by atoms with Gasteiger partial charge in [0.15, 0.2) is 11.6 Å². The van der Waals surface area contributed by atoms with Crippen molar-refractivity contribution in [3.63, 3.8) is 0 Å². The fraction of sp³-hybridized carbons (Fsp3) is 0.500. The van der Waals surface area contributed by atoms with Crippen LogP contribution in [0, 0.1) is 11.6 Å². The summed E-state index contributed by atoms with van der Waals surface area (Å²) in [4.78, 5) is 0. The zero-order valence-electron chi connectivity index (χ0n) is 10.1. The van der Waals surface area contributed by atoms with E-state index in [1.165, 1.54) is 6.07 Å². The summed E-state index contributed by atoms with van der Waals surface area (Å²) in [6.07, 6.45) is 0. The van der Waals surface area contributed by atoms with Crippen LogP contribution < -0.4 is 10.1 Å². The summed E-state index contributed by atoms with van der Waals surface area (Å²) in [6, 6.07) is 2.48. The molecule has 0 aliphatic rings. The molecule has 0 aliphatic carbocycles. The number of benzene rings is 1. The van der Waals surface area contributed by atoms with E-state index < -0.39 is 11.6 Å². The van der Waals surface area contributed by atoms with E-state index in [9.17, 15) is 8.78 Å². The lowest BCUT2D eigenvalue weighted by molar-refractivity contribution is 0.275. The lowest BCUT2D eigenvalue weighted by atomic mass is 10.1. The van der Waals surface area contributed by atoms with Crippen molar-refractivity contribution in [2.24, 2.45) is 0 Å². The molecule has 1 N–H and O–H groups in total. The van der Waals surface area contributed by atoms with Crippen LogP contribution in [0.15, 0.2) is 16.6 Å². The largest absolute Gasteiger partial charge is 0.489 e. The summed E-state index contributed by atoms with van der Waals surface area (Å²) in [6.45, 7) is 6.91. The van der Waals surface area contributed by atoms with Crippen molar-refractivity contribution in [3.8, 4) is 5.75 Å². The fourth-order valence-corrected chi connectivity index (χ4v) is 1.63. The van der Waals surface area contributed by atoms with Crippen molar-refractivity contribution >= 4 is 15.9 Å². The lowest BCUT2D eigenvalue weighted by Crippen LogP contribution is -2.38. The second-order valence-corrected chi connectivity index (χ2v) is 5.64. The van der Waals surface area contributed by atoms with Crippen LogP contribution in [0.4, 0.5) is 8.78 Å². The Kier molecular flexibility index (Phi) is 4.89. The molecule has 2 nitrogen and oxygen atoms in total. The Morgan fingerprint density at radius 2 is 1.94 bits per heavy atom. The molecule has 0 aromatic heterocycles. The van der Waals surface area contributed by atoms with Gasteiger partial charge in [-0.25, -0.2) is 4.39 Å². The van der Waals surface area contributed by atoms with Gasteiger partial charge in [-0.05, 0) is 32.9 Å². The molecule has 0 bridgehead atoms. The van der Waals surface area contributed by atoms with Gasteiger partial charge in [0.1, 0.15) is 6.61 Å². The number of hydrogen-bond acceptors (Lipinski definition) is 2. The third-order valence-corrected chi connectivity index (χ3v) is 2.43. The molecule has 0 amide bonds. The van der Waals surface area contributed by atoms with E-state index in [0.717, 1.165) is 6.07 Å². The van der Waals surface area contributed by atoms with E-state index in [-0.39, 0.29) is 17.9 Å².